The molecule has 0 aliphatic rings. The van der Waals surface area contributed by atoms with Gasteiger partial charge < -0.3 is 4.74 Å². The summed E-state index contributed by atoms with van der Waals surface area (Å²) in [4.78, 5) is 17.4. The van der Waals surface area contributed by atoms with Gasteiger partial charge in [-0.25, -0.2) is 22.8 Å². The van der Waals surface area contributed by atoms with Gasteiger partial charge in [-0.2, -0.15) is 0 Å². The largest absolute Gasteiger partial charge is 0.443 e. The third kappa shape index (κ3) is 4.12. The molecule has 148 valence electrons. The minimum absolute atomic E-state index is 0.252. The molecular formula is C20H21BrN2O4S. The van der Waals surface area contributed by atoms with Crippen molar-refractivity contribution in [1.29, 1.82) is 0 Å². The number of hydrogen-bond acceptors (Lipinski definition) is 5. The van der Waals surface area contributed by atoms with Crippen molar-refractivity contribution in [2.45, 2.75) is 36.6 Å². The SMILES string of the molecule is CC(C)(C)OC(=O)n1c(CBr)nc2cc(-c3ccccc3S(C)(=O)=O)ccc21. The molecule has 0 N–H and O–H groups in total. The molecule has 0 radical (unpaired) electrons. The minimum Gasteiger partial charge on any atom is -0.443 e. The third-order valence-electron chi connectivity index (χ3n) is 4.02. The molecule has 8 heteroatoms. The predicted molar refractivity (Wildman–Crippen MR) is 113 cm³/mol. The number of benzene rings is 2. The van der Waals surface area contributed by atoms with E-state index in [0.29, 0.717) is 33.3 Å². The second kappa shape index (κ2) is 7.33. The van der Waals surface area contributed by atoms with Crippen molar-refractivity contribution in [2.75, 3.05) is 6.26 Å². The van der Waals surface area contributed by atoms with Gasteiger partial charge in [0.1, 0.15) is 11.4 Å². The molecule has 0 bridgehead atoms. The summed E-state index contributed by atoms with van der Waals surface area (Å²) in [6, 6.07) is 12.1. The Morgan fingerprint density at radius 2 is 1.86 bits per heavy atom. The summed E-state index contributed by atoms with van der Waals surface area (Å²) in [6.07, 6.45) is 0.679. The first-order valence-corrected chi connectivity index (χ1v) is 11.6. The van der Waals surface area contributed by atoms with Gasteiger partial charge in [0.15, 0.2) is 9.84 Å². The lowest BCUT2D eigenvalue weighted by Crippen LogP contribution is -2.27. The van der Waals surface area contributed by atoms with Crippen LogP contribution in [0.1, 0.15) is 26.6 Å². The summed E-state index contributed by atoms with van der Waals surface area (Å²) >= 11 is 3.37. The van der Waals surface area contributed by atoms with E-state index in [1.165, 1.54) is 10.8 Å². The van der Waals surface area contributed by atoms with Crippen LogP contribution in [0.25, 0.3) is 22.2 Å². The first kappa shape index (κ1) is 20.5. The van der Waals surface area contributed by atoms with Crippen LogP contribution in [0.2, 0.25) is 0 Å². The standard InChI is InChI=1S/C20H21BrN2O4S/c1-20(2,3)27-19(24)23-16-10-9-13(11-15(16)22-18(23)12-21)14-7-5-6-8-17(14)28(4,25)26/h5-11H,12H2,1-4H3. The van der Waals surface area contributed by atoms with E-state index < -0.39 is 21.5 Å². The quantitative estimate of drug-likeness (QED) is 0.520. The maximum atomic E-state index is 12.7. The maximum Gasteiger partial charge on any atom is 0.420 e. The third-order valence-corrected chi connectivity index (χ3v) is 5.67. The van der Waals surface area contributed by atoms with Crippen LogP contribution >= 0.6 is 15.9 Å². The molecule has 0 unspecified atom stereocenters. The first-order valence-electron chi connectivity index (χ1n) is 8.61. The van der Waals surface area contributed by atoms with E-state index in [1.807, 2.05) is 0 Å². The lowest BCUT2D eigenvalue weighted by molar-refractivity contribution is 0.0540. The zero-order valence-electron chi connectivity index (χ0n) is 16.1. The van der Waals surface area contributed by atoms with Crippen LogP contribution in [0.15, 0.2) is 47.4 Å². The number of rotatable bonds is 3. The number of sulfone groups is 1. The van der Waals surface area contributed by atoms with Gasteiger partial charge in [0, 0.05) is 11.8 Å². The van der Waals surface area contributed by atoms with Crippen molar-refractivity contribution in [3.63, 3.8) is 0 Å². The first-order chi connectivity index (χ1) is 13.0. The number of carbonyl (C=O) groups excluding carboxylic acids is 1. The summed E-state index contributed by atoms with van der Waals surface area (Å²) in [5.41, 5.74) is 1.86. The van der Waals surface area contributed by atoms with E-state index in [1.54, 1.807) is 63.2 Å². The fourth-order valence-electron chi connectivity index (χ4n) is 2.93. The average molecular weight is 465 g/mol. The Balaban J connectivity index is 2.16. The van der Waals surface area contributed by atoms with Crippen LogP contribution in [0.4, 0.5) is 4.79 Å². The molecule has 3 aromatic rings. The van der Waals surface area contributed by atoms with Gasteiger partial charge in [0.2, 0.25) is 0 Å². The number of fused-ring (bicyclic) bond motifs is 1. The Kier molecular flexibility index (Phi) is 5.38. The van der Waals surface area contributed by atoms with Crippen molar-refractivity contribution >= 4 is 42.9 Å². The van der Waals surface area contributed by atoms with Crippen molar-refractivity contribution in [2.24, 2.45) is 0 Å². The fourth-order valence-corrected chi connectivity index (χ4v) is 4.21. The molecule has 0 aliphatic carbocycles. The Morgan fingerprint density at radius 1 is 1.18 bits per heavy atom. The zero-order chi connectivity index (χ0) is 20.7. The molecule has 0 atom stereocenters. The Morgan fingerprint density at radius 3 is 2.46 bits per heavy atom. The summed E-state index contributed by atoms with van der Waals surface area (Å²) < 4.78 is 31.2. The highest BCUT2D eigenvalue weighted by Gasteiger charge is 2.23. The van der Waals surface area contributed by atoms with E-state index >= 15 is 0 Å². The second-order valence-corrected chi connectivity index (χ2v) is 9.99. The fraction of sp³-hybridized carbons (Fsp3) is 0.300. The Bertz CT molecular complexity index is 1160. The van der Waals surface area contributed by atoms with Crippen LogP contribution in [0.3, 0.4) is 0 Å². The minimum atomic E-state index is -3.38. The van der Waals surface area contributed by atoms with E-state index in [2.05, 4.69) is 20.9 Å². The van der Waals surface area contributed by atoms with Crippen LogP contribution < -0.4 is 0 Å². The summed E-state index contributed by atoms with van der Waals surface area (Å²) in [7, 11) is -3.38. The number of imidazole rings is 1. The van der Waals surface area contributed by atoms with Crippen molar-refractivity contribution in [3.8, 4) is 11.1 Å². The molecule has 0 aliphatic heterocycles. The van der Waals surface area contributed by atoms with Crippen LogP contribution in [-0.2, 0) is 19.9 Å². The second-order valence-electron chi connectivity index (χ2n) is 7.45. The molecule has 0 fully saturated rings. The monoisotopic (exact) mass is 464 g/mol. The lowest BCUT2D eigenvalue weighted by atomic mass is 10.1. The van der Waals surface area contributed by atoms with Crippen LogP contribution in [0, 0.1) is 0 Å². The normalized spacial score (nSPS) is 12.3. The Labute approximate surface area is 172 Å². The van der Waals surface area contributed by atoms with Gasteiger partial charge >= 0.3 is 6.09 Å². The molecule has 3 rings (SSSR count). The van der Waals surface area contributed by atoms with E-state index in [9.17, 15) is 13.2 Å². The summed E-state index contributed by atoms with van der Waals surface area (Å²) in [5.74, 6) is 0.512. The van der Waals surface area contributed by atoms with E-state index in [4.69, 9.17) is 4.74 Å². The molecule has 0 saturated carbocycles. The Hall–Kier alpha value is -2.19. The molecule has 0 spiro atoms. The maximum absolute atomic E-state index is 12.7. The van der Waals surface area contributed by atoms with E-state index in [-0.39, 0.29) is 4.90 Å². The van der Waals surface area contributed by atoms with Gasteiger partial charge in [-0.15, -0.1) is 0 Å². The van der Waals surface area contributed by atoms with Crippen molar-refractivity contribution in [3.05, 3.63) is 48.3 Å². The predicted octanol–water partition coefficient (Wildman–Crippen LogP) is 4.78. The van der Waals surface area contributed by atoms with Gasteiger partial charge in [-0.1, -0.05) is 40.2 Å². The molecule has 1 heterocycles. The number of aromatic nitrogens is 2. The summed E-state index contributed by atoms with van der Waals surface area (Å²) in [5, 5.41) is 0.371. The van der Waals surface area contributed by atoms with Gasteiger partial charge in [0.25, 0.3) is 0 Å². The zero-order valence-corrected chi connectivity index (χ0v) is 18.5. The van der Waals surface area contributed by atoms with E-state index in [0.717, 1.165) is 0 Å². The summed E-state index contributed by atoms with van der Waals surface area (Å²) in [6.45, 7) is 5.41. The van der Waals surface area contributed by atoms with Crippen LogP contribution in [-0.4, -0.2) is 35.9 Å². The molecule has 6 nitrogen and oxygen atoms in total. The topological polar surface area (TPSA) is 78.3 Å². The van der Waals surface area contributed by atoms with Gasteiger partial charge in [0.05, 0.1) is 21.3 Å². The van der Waals surface area contributed by atoms with Crippen LogP contribution in [0.5, 0.6) is 0 Å². The number of ether oxygens (including phenoxy) is 1. The highest BCUT2D eigenvalue weighted by Crippen LogP contribution is 2.30. The molecule has 0 amide bonds. The molecule has 1 aromatic heterocycles. The highest BCUT2D eigenvalue weighted by molar-refractivity contribution is 9.08. The molecule has 2 aromatic carbocycles. The molecular weight excluding hydrogens is 444 g/mol. The number of alkyl halides is 1. The average Bonchev–Trinajstić information content (AvgIpc) is 2.97. The smallest absolute Gasteiger partial charge is 0.420 e. The molecule has 28 heavy (non-hydrogen) atoms. The van der Waals surface area contributed by atoms with Gasteiger partial charge in [-0.05, 0) is 44.5 Å². The number of hydrogen-bond donors (Lipinski definition) is 0. The lowest BCUT2D eigenvalue weighted by Gasteiger charge is -2.20. The van der Waals surface area contributed by atoms with Crippen molar-refractivity contribution in [1.82, 2.24) is 9.55 Å². The molecule has 0 saturated heterocycles. The number of nitrogens with zero attached hydrogens (tertiary/aromatic N) is 2. The highest BCUT2D eigenvalue weighted by atomic mass is 79.9. The van der Waals surface area contributed by atoms with Crippen molar-refractivity contribution < 1.29 is 17.9 Å². The van der Waals surface area contributed by atoms with Gasteiger partial charge in [-0.3, -0.25) is 0 Å². The number of halogens is 1. The number of carbonyl (C=O) groups is 1.